The zero-order valence-corrected chi connectivity index (χ0v) is 15.7. The van der Waals surface area contributed by atoms with Crippen LogP contribution in [-0.4, -0.2) is 16.5 Å². The van der Waals surface area contributed by atoms with Gasteiger partial charge in [-0.15, -0.1) is 0 Å². The molecular weight excluding hydrogens is 371 g/mol. The second-order valence-electron chi connectivity index (χ2n) is 5.88. The highest BCUT2D eigenvalue weighted by Gasteiger charge is 2.35. The maximum Gasteiger partial charge on any atom is 0.420 e. The fourth-order valence-electron chi connectivity index (χ4n) is 2.60. The van der Waals surface area contributed by atoms with Gasteiger partial charge in [0.15, 0.2) is 0 Å². The van der Waals surface area contributed by atoms with E-state index >= 15 is 0 Å². The Balaban J connectivity index is 2.05. The molecule has 3 aromatic rings. The van der Waals surface area contributed by atoms with Gasteiger partial charge in [0, 0.05) is 23.3 Å². The molecule has 0 radical (unpaired) electrons. The van der Waals surface area contributed by atoms with Crippen molar-refractivity contribution in [2.75, 3.05) is 11.4 Å². The number of hydrogen-bond acceptors (Lipinski definition) is 4. The molecule has 0 spiro atoms. The summed E-state index contributed by atoms with van der Waals surface area (Å²) in [6.45, 7) is 4.40. The van der Waals surface area contributed by atoms with Crippen LogP contribution in [0.4, 0.5) is 24.8 Å². The Morgan fingerprint density at radius 3 is 2.41 bits per heavy atom. The van der Waals surface area contributed by atoms with Crippen LogP contribution < -0.4 is 4.90 Å². The van der Waals surface area contributed by atoms with Crippen molar-refractivity contribution in [1.29, 1.82) is 0 Å². The van der Waals surface area contributed by atoms with Gasteiger partial charge < -0.3 is 4.90 Å². The molecule has 0 N–H and O–H groups in total. The second-order valence-corrected chi connectivity index (χ2v) is 6.95. The standard InChI is InChI=1S/C20H18F3N3S/c1-3-26(15-9-7-8-14(2)12-15)19-24-13-17(20(21,22)23)18(25-19)27-16-10-5-4-6-11-16/h4-13H,3H2,1-2H3. The third-order valence-corrected chi connectivity index (χ3v) is 4.89. The second kappa shape index (κ2) is 8.00. The molecule has 0 amide bonds. The number of halogens is 3. The average Bonchev–Trinajstić information content (AvgIpc) is 2.62. The van der Waals surface area contributed by atoms with Crippen LogP contribution in [0.3, 0.4) is 0 Å². The van der Waals surface area contributed by atoms with Gasteiger partial charge in [0.2, 0.25) is 5.95 Å². The topological polar surface area (TPSA) is 29.0 Å². The molecule has 0 fully saturated rings. The van der Waals surface area contributed by atoms with E-state index in [1.54, 1.807) is 29.2 Å². The molecule has 0 saturated heterocycles. The van der Waals surface area contributed by atoms with Gasteiger partial charge in [0.05, 0.1) is 0 Å². The number of benzene rings is 2. The van der Waals surface area contributed by atoms with E-state index < -0.39 is 11.7 Å². The maximum atomic E-state index is 13.4. The van der Waals surface area contributed by atoms with E-state index in [0.29, 0.717) is 11.4 Å². The first kappa shape index (κ1) is 19.2. The van der Waals surface area contributed by atoms with Crippen LogP contribution in [-0.2, 0) is 6.18 Å². The van der Waals surface area contributed by atoms with Gasteiger partial charge in [-0.05, 0) is 43.7 Å². The van der Waals surface area contributed by atoms with E-state index in [-0.39, 0.29) is 11.0 Å². The predicted molar refractivity (Wildman–Crippen MR) is 101 cm³/mol. The Labute approximate surface area is 160 Å². The minimum atomic E-state index is -4.52. The van der Waals surface area contributed by atoms with Crippen molar-refractivity contribution in [3.8, 4) is 0 Å². The Kier molecular flexibility index (Phi) is 5.70. The normalized spacial score (nSPS) is 11.4. The lowest BCUT2D eigenvalue weighted by atomic mass is 10.2. The molecular formula is C20H18F3N3S. The van der Waals surface area contributed by atoms with E-state index in [1.165, 1.54) is 0 Å². The lowest BCUT2D eigenvalue weighted by Gasteiger charge is -2.22. The molecule has 7 heteroatoms. The molecule has 2 aromatic carbocycles. The molecule has 3 nitrogen and oxygen atoms in total. The number of aromatic nitrogens is 2. The molecule has 3 rings (SSSR count). The SMILES string of the molecule is CCN(c1cccc(C)c1)c1ncc(C(F)(F)F)c(Sc2ccccc2)n1. The first-order chi connectivity index (χ1) is 12.9. The summed E-state index contributed by atoms with van der Waals surface area (Å²) in [4.78, 5) is 10.8. The molecule has 1 heterocycles. The predicted octanol–water partition coefficient (Wildman–Crippen LogP) is 6.11. The zero-order chi connectivity index (χ0) is 19.4. The van der Waals surface area contributed by atoms with Crippen LogP contribution in [0.1, 0.15) is 18.1 Å². The van der Waals surface area contributed by atoms with Crippen LogP contribution in [0, 0.1) is 6.92 Å². The van der Waals surface area contributed by atoms with Crippen molar-refractivity contribution in [2.24, 2.45) is 0 Å². The van der Waals surface area contributed by atoms with Crippen molar-refractivity contribution in [3.05, 3.63) is 71.9 Å². The monoisotopic (exact) mass is 389 g/mol. The summed E-state index contributed by atoms with van der Waals surface area (Å²) in [6, 6.07) is 16.6. The van der Waals surface area contributed by atoms with Crippen molar-refractivity contribution in [2.45, 2.75) is 29.9 Å². The summed E-state index contributed by atoms with van der Waals surface area (Å²) in [5.41, 5.74) is 1.06. The van der Waals surface area contributed by atoms with E-state index in [9.17, 15) is 13.2 Å². The number of anilines is 2. The highest BCUT2D eigenvalue weighted by Crippen LogP contribution is 2.39. The number of aryl methyl sites for hydroxylation is 1. The molecule has 0 aliphatic rings. The molecule has 0 saturated carbocycles. The summed E-state index contributed by atoms with van der Waals surface area (Å²) in [5, 5.41) is -0.107. The number of hydrogen-bond donors (Lipinski definition) is 0. The molecule has 1 aromatic heterocycles. The van der Waals surface area contributed by atoms with Crippen LogP contribution in [0.5, 0.6) is 0 Å². The van der Waals surface area contributed by atoms with Gasteiger partial charge in [-0.25, -0.2) is 9.97 Å². The number of alkyl halides is 3. The number of nitrogens with zero attached hydrogens (tertiary/aromatic N) is 3. The Morgan fingerprint density at radius 2 is 1.78 bits per heavy atom. The first-order valence-electron chi connectivity index (χ1n) is 8.40. The smallest absolute Gasteiger partial charge is 0.311 e. The molecule has 27 heavy (non-hydrogen) atoms. The Hall–Kier alpha value is -2.54. The summed E-state index contributed by atoms with van der Waals surface area (Å²) in [5.74, 6) is 0.245. The van der Waals surface area contributed by atoms with Gasteiger partial charge in [0.25, 0.3) is 0 Å². The molecule has 0 aliphatic carbocycles. The molecule has 0 atom stereocenters. The highest BCUT2D eigenvalue weighted by atomic mass is 32.2. The maximum absolute atomic E-state index is 13.4. The van der Waals surface area contributed by atoms with E-state index in [1.807, 2.05) is 44.2 Å². The van der Waals surface area contributed by atoms with Gasteiger partial charge in [-0.2, -0.15) is 13.2 Å². The van der Waals surface area contributed by atoms with E-state index in [0.717, 1.165) is 29.2 Å². The minimum Gasteiger partial charge on any atom is -0.311 e. The van der Waals surface area contributed by atoms with Crippen molar-refractivity contribution in [1.82, 2.24) is 9.97 Å². The fourth-order valence-corrected chi connectivity index (χ4v) is 3.52. The van der Waals surface area contributed by atoms with Gasteiger partial charge in [-0.1, -0.05) is 42.1 Å². The fraction of sp³-hybridized carbons (Fsp3) is 0.200. The lowest BCUT2D eigenvalue weighted by Crippen LogP contribution is -2.20. The summed E-state index contributed by atoms with van der Waals surface area (Å²) in [7, 11) is 0. The molecule has 0 unspecified atom stereocenters. The zero-order valence-electron chi connectivity index (χ0n) is 14.9. The molecule has 140 valence electrons. The Bertz CT molecular complexity index is 914. The average molecular weight is 389 g/mol. The van der Waals surface area contributed by atoms with Crippen LogP contribution in [0.25, 0.3) is 0 Å². The van der Waals surface area contributed by atoms with Crippen molar-refractivity contribution in [3.63, 3.8) is 0 Å². The Morgan fingerprint density at radius 1 is 1.04 bits per heavy atom. The van der Waals surface area contributed by atoms with E-state index in [2.05, 4.69) is 9.97 Å². The van der Waals surface area contributed by atoms with Crippen molar-refractivity contribution >= 4 is 23.4 Å². The summed E-state index contributed by atoms with van der Waals surface area (Å²) < 4.78 is 40.3. The molecule has 0 aliphatic heterocycles. The largest absolute Gasteiger partial charge is 0.420 e. The van der Waals surface area contributed by atoms with Crippen LogP contribution in [0.15, 0.2) is 70.7 Å². The van der Waals surface area contributed by atoms with Gasteiger partial charge in [0.1, 0.15) is 10.6 Å². The van der Waals surface area contributed by atoms with Gasteiger partial charge in [-0.3, -0.25) is 0 Å². The highest BCUT2D eigenvalue weighted by molar-refractivity contribution is 7.99. The lowest BCUT2D eigenvalue weighted by molar-refractivity contribution is -0.140. The number of rotatable bonds is 5. The van der Waals surface area contributed by atoms with Gasteiger partial charge >= 0.3 is 6.18 Å². The minimum absolute atomic E-state index is 0.107. The van der Waals surface area contributed by atoms with Crippen LogP contribution >= 0.6 is 11.8 Å². The third-order valence-electron chi connectivity index (χ3n) is 3.88. The summed E-state index contributed by atoms with van der Waals surface area (Å²) >= 11 is 0.984. The quantitative estimate of drug-likeness (QED) is 0.492. The van der Waals surface area contributed by atoms with Crippen molar-refractivity contribution < 1.29 is 13.2 Å². The first-order valence-corrected chi connectivity index (χ1v) is 9.21. The third kappa shape index (κ3) is 4.60. The molecule has 0 bridgehead atoms. The summed E-state index contributed by atoms with van der Waals surface area (Å²) in [6.07, 6.45) is -3.65. The van der Waals surface area contributed by atoms with E-state index in [4.69, 9.17) is 0 Å². The van der Waals surface area contributed by atoms with Crippen LogP contribution in [0.2, 0.25) is 0 Å².